The molecular weight excluding hydrogens is 724 g/mol. The van der Waals surface area contributed by atoms with Crippen molar-refractivity contribution < 1.29 is 64.5 Å². The molecule has 56 heavy (non-hydrogen) atoms. The Bertz CT molecular complexity index is 1480. The monoisotopic (exact) mass is 794 g/mol. The van der Waals surface area contributed by atoms with Gasteiger partial charge in [0.15, 0.2) is 6.29 Å². The summed E-state index contributed by atoms with van der Waals surface area (Å²) in [6.07, 6.45) is 0.593. The molecule has 0 aromatic heterocycles. The van der Waals surface area contributed by atoms with Crippen LogP contribution in [-0.2, 0) is 23.7 Å². The molecule has 4 saturated carbocycles. The van der Waals surface area contributed by atoms with Gasteiger partial charge in [-0.05, 0) is 86.4 Å². The second kappa shape index (κ2) is 14.4. The van der Waals surface area contributed by atoms with Crippen LogP contribution in [0.4, 0.5) is 0 Å². The molecule has 21 atom stereocenters. The highest BCUT2D eigenvalue weighted by Crippen LogP contribution is 2.78. The van der Waals surface area contributed by atoms with Gasteiger partial charge >= 0.3 is 0 Å². The fourth-order valence-corrected chi connectivity index (χ4v) is 14.4. The van der Waals surface area contributed by atoms with E-state index in [9.17, 15) is 40.9 Å². The fourth-order valence-electron chi connectivity index (χ4n) is 14.4. The first-order valence-corrected chi connectivity index (χ1v) is 21.5. The third-order valence-electron chi connectivity index (χ3n) is 18.0. The van der Waals surface area contributed by atoms with Crippen LogP contribution in [0.5, 0.6) is 0 Å². The highest BCUT2D eigenvalue weighted by Gasteiger charge is 2.78. The Morgan fingerprint density at radius 3 is 2.18 bits per heavy atom. The highest BCUT2D eigenvalue weighted by molar-refractivity contribution is 5.35. The summed E-state index contributed by atoms with van der Waals surface area (Å²) in [5.41, 5.74) is -0.872. The molecule has 8 aliphatic rings. The van der Waals surface area contributed by atoms with E-state index in [1.54, 1.807) is 6.92 Å². The standard InChI is InChI=1S/C43H70O13/c1-22-32(47)24(19-53-37-36(51)35(50)34(49)27(18-45)56-37)33(48)28(55-22)20-52-26-8-10-39(4)25(23(26)17-44)7-11-40(5)29(39)9-12-43-30-15-38(2,3)13-14-42(30,21-54-43)31(46)16-41(40,43)6/h9,12,22-37,44-51H,7-8,10-11,13-21H2,1-6H3/t22?,23-,24?,25+,26?,27?,28?,29?,30+,31-,32?,33?,34?,35?,36?,37?,39-,40+,41-,42?,43?/m0/s1. The third kappa shape index (κ3) is 5.87. The van der Waals surface area contributed by atoms with Crippen LogP contribution in [0.2, 0.25) is 0 Å². The number of hydrogen-bond donors (Lipinski definition) is 8. The molecule has 1 spiro atoms. The van der Waals surface area contributed by atoms with Gasteiger partial charge in [0, 0.05) is 35.2 Å². The van der Waals surface area contributed by atoms with Gasteiger partial charge in [-0.3, -0.25) is 0 Å². The maximum atomic E-state index is 12.1. The topological polar surface area (TPSA) is 208 Å². The van der Waals surface area contributed by atoms with Gasteiger partial charge < -0.3 is 64.5 Å². The van der Waals surface area contributed by atoms with Crippen LogP contribution >= 0.6 is 0 Å². The zero-order valence-corrected chi connectivity index (χ0v) is 34.2. The van der Waals surface area contributed by atoms with Crippen molar-refractivity contribution in [2.24, 2.45) is 56.7 Å². The van der Waals surface area contributed by atoms with Gasteiger partial charge in [-0.15, -0.1) is 0 Å². The van der Waals surface area contributed by atoms with Crippen molar-refractivity contribution in [2.45, 2.75) is 166 Å². The molecule has 13 heteroatoms. The van der Waals surface area contributed by atoms with E-state index in [0.717, 1.165) is 51.4 Å². The first-order valence-electron chi connectivity index (χ1n) is 21.5. The quantitative estimate of drug-likeness (QED) is 0.165. The average molecular weight is 795 g/mol. The molecule has 0 aromatic rings. The van der Waals surface area contributed by atoms with E-state index in [2.05, 4.69) is 46.8 Å². The lowest BCUT2D eigenvalue weighted by Crippen LogP contribution is -2.72. The van der Waals surface area contributed by atoms with Crippen molar-refractivity contribution >= 4 is 0 Å². The maximum Gasteiger partial charge on any atom is 0.186 e. The molecule has 0 aromatic carbocycles. The summed E-state index contributed by atoms with van der Waals surface area (Å²) in [4.78, 5) is 0. The van der Waals surface area contributed by atoms with Crippen LogP contribution in [0.1, 0.15) is 92.9 Å². The van der Waals surface area contributed by atoms with Crippen LogP contribution < -0.4 is 0 Å². The smallest absolute Gasteiger partial charge is 0.186 e. The van der Waals surface area contributed by atoms with Gasteiger partial charge in [-0.25, -0.2) is 0 Å². The molecule has 3 aliphatic heterocycles. The maximum absolute atomic E-state index is 12.1. The molecular formula is C43H70O13. The van der Waals surface area contributed by atoms with Gasteiger partial charge in [-0.2, -0.15) is 0 Å². The Morgan fingerprint density at radius 2 is 1.46 bits per heavy atom. The largest absolute Gasteiger partial charge is 0.396 e. The molecule has 13 nitrogen and oxygen atoms in total. The van der Waals surface area contributed by atoms with Crippen LogP contribution in [0, 0.1) is 56.7 Å². The van der Waals surface area contributed by atoms with Gasteiger partial charge in [0.25, 0.3) is 0 Å². The van der Waals surface area contributed by atoms with E-state index in [-0.39, 0.29) is 76.7 Å². The molecule has 320 valence electrons. The van der Waals surface area contributed by atoms with Crippen LogP contribution in [0.3, 0.4) is 0 Å². The second-order valence-electron chi connectivity index (χ2n) is 21.0. The van der Waals surface area contributed by atoms with Crippen molar-refractivity contribution in [2.75, 3.05) is 33.0 Å². The summed E-state index contributed by atoms with van der Waals surface area (Å²) < 4.78 is 31.0. The van der Waals surface area contributed by atoms with Crippen molar-refractivity contribution in [3.63, 3.8) is 0 Å². The van der Waals surface area contributed by atoms with Crippen molar-refractivity contribution in [1.29, 1.82) is 0 Å². The second-order valence-corrected chi connectivity index (χ2v) is 21.0. The average Bonchev–Trinajstić information content (AvgIpc) is 3.43. The first-order chi connectivity index (χ1) is 26.3. The van der Waals surface area contributed by atoms with Crippen molar-refractivity contribution in [3.8, 4) is 0 Å². The Hall–Kier alpha value is -0.780. The van der Waals surface area contributed by atoms with E-state index in [4.69, 9.17) is 23.7 Å². The van der Waals surface area contributed by atoms with Gasteiger partial charge in [-0.1, -0.05) is 46.8 Å². The normalized spacial score (nSPS) is 57.5. The number of aliphatic hydroxyl groups excluding tert-OH is 8. The minimum atomic E-state index is -1.61. The highest BCUT2D eigenvalue weighted by atomic mass is 16.7. The van der Waals surface area contributed by atoms with E-state index >= 15 is 0 Å². The molecule has 3 saturated heterocycles. The number of aliphatic hydroxyl groups is 8. The summed E-state index contributed by atoms with van der Waals surface area (Å²) in [6, 6.07) is 0. The van der Waals surface area contributed by atoms with Crippen molar-refractivity contribution in [3.05, 3.63) is 12.2 Å². The Kier molecular flexibility index (Phi) is 10.8. The van der Waals surface area contributed by atoms with Crippen molar-refractivity contribution in [1.82, 2.24) is 0 Å². The SMILES string of the molecule is CC1OC(COC2CC[C@]3(C)C4C=CC56OCC7(CCC(C)(C)C[C@H]75)[C@@H](O)C[C@@]6(C)[C@]4(C)CC[C@@H]3[C@@H]2CO)C(O)C(COC2OC(CO)C(O)C(O)C2O)C1O. The number of allylic oxidation sites excluding steroid dienone is 1. The van der Waals surface area contributed by atoms with Crippen LogP contribution in [0.25, 0.3) is 0 Å². The lowest BCUT2D eigenvalue weighted by molar-refractivity contribution is -0.311. The molecule has 8 N–H and O–H groups in total. The lowest BCUT2D eigenvalue weighted by Gasteiger charge is -2.72. The molecule has 2 bridgehead atoms. The molecule has 7 fully saturated rings. The predicted molar refractivity (Wildman–Crippen MR) is 202 cm³/mol. The minimum absolute atomic E-state index is 0.0282. The van der Waals surface area contributed by atoms with Gasteiger partial charge in [0.05, 0.1) is 62.5 Å². The molecule has 14 unspecified atom stereocenters. The molecule has 8 rings (SSSR count). The summed E-state index contributed by atoms with van der Waals surface area (Å²) in [5, 5.41) is 85.9. The zero-order chi connectivity index (χ0) is 40.4. The summed E-state index contributed by atoms with van der Waals surface area (Å²) in [7, 11) is 0. The van der Waals surface area contributed by atoms with E-state index < -0.39 is 79.4 Å². The van der Waals surface area contributed by atoms with E-state index in [0.29, 0.717) is 6.61 Å². The minimum Gasteiger partial charge on any atom is -0.396 e. The molecule has 3 heterocycles. The Morgan fingerprint density at radius 1 is 0.714 bits per heavy atom. The number of fused-ring (bicyclic) bond motifs is 4. The van der Waals surface area contributed by atoms with E-state index in [1.165, 1.54) is 0 Å². The van der Waals surface area contributed by atoms with Crippen LogP contribution in [-0.4, -0.2) is 147 Å². The predicted octanol–water partition coefficient (Wildman–Crippen LogP) is 1.68. The number of rotatable bonds is 8. The molecule has 0 radical (unpaired) electrons. The first kappa shape index (κ1) is 41.9. The molecule has 0 amide bonds. The van der Waals surface area contributed by atoms with E-state index in [1.807, 2.05) is 0 Å². The van der Waals surface area contributed by atoms with Gasteiger partial charge in [0.2, 0.25) is 0 Å². The third-order valence-corrected chi connectivity index (χ3v) is 18.0. The van der Waals surface area contributed by atoms with Crippen LogP contribution in [0.15, 0.2) is 12.2 Å². The Labute approximate surface area is 331 Å². The number of hydrogen-bond acceptors (Lipinski definition) is 13. The Balaban J connectivity index is 0.965. The summed E-state index contributed by atoms with van der Waals surface area (Å²) in [5.74, 6) is -0.281. The van der Waals surface area contributed by atoms with Gasteiger partial charge in [0.1, 0.15) is 30.5 Å². The number of ether oxygens (including phenoxy) is 5. The fraction of sp³-hybridized carbons (Fsp3) is 0.953. The zero-order valence-electron chi connectivity index (χ0n) is 34.2. The lowest BCUT2D eigenvalue weighted by atomic mass is 9.32. The molecule has 5 aliphatic carbocycles. The summed E-state index contributed by atoms with van der Waals surface area (Å²) >= 11 is 0. The summed E-state index contributed by atoms with van der Waals surface area (Å²) in [6.45, 7) is 13.5.